The Hall–Kier alpha value is -7.05. The van der Waals surface area contributed by atoms with Gasteiger partial charge in [-0.05, 0) is 42.4 Å². The zero-order valence-electron chi connectivity index (χ0n) is 31.8. The molecule has 6 heteroatoms. The predicted octanol–water partition coefficient (Wildman–Crippen LogP) is 11.3. The second-order valence-corrected chi connectivity index (χ2v) is 12.5. The van der Waals surface area contributed by atoms with E-state index in [1.807, 2.05) is 132 Å². The third kappa shape index (κ3) is 4.14. The van der Waals surface area contributed by atoms with Crippen LogP contribution >= 0.6 is 0 Å². The maximum Gasteiger partial charge on any atom is 0.238 e. The van der Waals surface area contributed by atoms with Crippen molar-refractivity contribution in [3.05, 3.63) is 164 Å². The SMILES string of the molecule is [2H]c1c([2H])c([2H])c(-n2c3ccccc3c3ccc4c5ccccc5n(-c5nc(-c6ccccc6)nc(-c6ccc7c(c6)oc6ccccc67)n5)c4c32)c([2H])c1[2H]. The summed E-state index contributed by atoms with van der Waals surface area (Å²) in [5.41, 5.74) is 6.03. The first-order chi connectivity index (χ1) is 27.4. The van der Waals surface area contributed by atoms with Crippen molar-refractivity contribution in [1.82, 2.24) is 24.1 Å². The third-order valence-electron chi connectivity index (χ3n) is 9.67. The van der Waals surface area contributed by atoms with Gasteiger partial charge in [0.05, 0.1) is 28.9 Å². The van der Waals surface area contributed by atoms with Gasteiger partial charge in [-0.1, -0.05) is 121 Å². The Morgan fingerprint density at radius 2 is 1.02 bits per heavy atom. The zero-order chi connectivity index (χ0) is 37.8. The first-order valence-corrected chi connectivity index (χ1v) is 16.6. The molecular formula is C45H27N5O. The summed E-state index contributed by atoms with van der Waals surface area (Å²) in [6, 6.07) is 41.7. The number of rotatable bonds is 4. The Labute approximate surface area is 298 Å². The molecule has 0 aliphatic heterocycles. The minimum atomic E-state index is -0.448. The van der Waals surface area contributed by atoms with Crippen LogP contribution in [0, 0.1) is 0 Å². The minimum absolute atomic E-state index is 0.0620. The van der Waals surface area contributed by atoms with Crippen LogP contribution in [0.1, 0.15) is 6.85 Å². The Morgan fingerprint density at radius 3 is 1.76 bits per heavy atom. The maximum absolute atomic E-state index is 9.09. The van der Waals surface area contributed by atoms with Gasteiger partial charge < -0.3 is 8.98 Å². The van der Waals surface area contributed by atoms with Crippen molar-refractivity contribution in [3.8, 4) is 34.4 Å². The first kappa shape index (κ1) is 23.3. The third-order valence-corrected chi connectivity index (χ3v) is 9.67. The molecule has 0 unspecified atom stereocenters. The molecule has 6 nitrogen and oxygen atoms in total. The topological polar surface area (TPSA) is 61.7 Å². The number of furan rings is 1. The van der Waals surface area contributed by atoms with Gasteiger partial charge in [-0.2, -0.15) is 9.97 Å². The van der Waals surface area contributed by atoms with Crippen LogP contribution in [0.5, 0.6) is 0 Å². The van der Waals surface area contributed by atoms with Crippen LogP contribution in [-0.2, 0) is 0 Å². The Kier molecular flexibility index (Phi) is 4.91. The quantitative estimate of drug-likeness (QED) is 0.189. The predicted molar refractivity (Wildman–Crippen MR) is 207 cm³/mol. The first-order valence-electron chi connectivity index (χ1n) is 19.1. The van der Waals surface area contributed by atoms with Gasteiger partial charge in [0.15, 0.2) is 11.6 Å². The summed E-state index contributed by atoms with van der Waals surface area (Å²) in [4.78, 5) is 15.4. The highest BCUT2D eigenvalue weighted by molar-refractivity contribution is 6.23. The molecule has 0 bridgehead atoms. The smallest absolute Gasteiger partial charge is 0.238 e. The molecule has 51 heavy (non-hydrogen) atoms. The fourth-order valence-corrected chi connectivity index (χ4v) is 7.47. The van der Waals surface area contributed by atoms with Gasteiger partial charge in [0.25, 0.3) is 0 Å². The molecule has 0 saturated carbocycles. The lowest BCUT2D eigenvalue weighted by Crippen LogP contribution is -2.07. The van der Waals surface area contributed by atoms with E-state index in [2.05, 4.69) is 6.07 Å². The molecule has 0 aliphatic carbocycles. The lowest BCUT2D eigenvalue weighted by molar-refractivity contribution is 0.669. The molecule has 0 atom stereocenters. The second-order valence-electron chi connectivity index (χ2n) is 12.5. The minimum Gasteiger partial charge on any atom is -0.456 e. The number of nitrogens with zero attached hydrogens (tertiary/aromatic N) is 5. The van der Waals surface area contributed by atoms with Gasteiger partial charge in [-0.3, -0.25) is 4.57 Å². The molecule has 0 fully saturated rings. The molecule has 4 heterocycles. The fourth-order valence-electron chi connectivity index (χ4n) is 7.47. The molecule has 0 aliphatic rings. The van der Waals surface area contributed by atoms with E-state index in [1.165, 1.54) is 0 Å². The van der Waals surface area contributed by atoms with Crippen LogP contribution in [-0.4, -0.2) is 24.1 Å². The van der Waals surface area contributed by atoms with Crippen molar-refractivity contribution in [2.24, 2.45) is 0 Å². The van der Waals surface area contributed by atoms with E-state index in [-0.39, 0.29) is 17.8 Å². The average molecular weight is 659 g/mol. The second kappa shape index (κ2) is 10.7. The van der Waals surface area contributed by atoms with Crippen molar-refractivity contribution in [2.75, 3.05) is 0 Å². The normalized spacial score (nSPS) is 13.3. The number of hydrogen-bond donors (Lipinski definition) is 0. The van der Waals surface area contributed by atoms with Crippen LogP contribution in [0.25, 0.3) is 100.0 Å². The Balaban J connectivity index is 1.29. The molecule has 0 saturated heterocycles. The lowest BCUT2D eigenvalue weighted by Gasteiger charge is -2.13. The molecular weight excluding hydrogens is 627 g/mol. The van der Waals surface area contributed by atoms with Gasteiger partial charge in [0, 0.05) is 49.1 Å². The van der Waals surface area contributed by atoms with E-state index in [4.69, 9.17) is 26.2 Å². The van der Waals surface area contributed by atoms with E-state index in [0.717, 1.165) is 60.1 Å². The summed E-state index contributed by atoms with van der Waals surface area (Å²) in [6.45, 7) is 0. The monoisotopic (exact) mass is 658 g/mol. The summed E-state index contributed by atoms with van der Waals surface area (Å²) in [5.74, 6) is 1.27. The van der Waals surface area contributed by atoms with Gasteiger partial charge >= 0.3 is 0 Å². The Morgan fingerprint density at radius 1 is 0.451 bits per heavy atom. The maximum atomic E-state index is 9.09. The molecule has 0 amide bonds. The summed E-state index contributed by atoms with van der Waals surface area (Å²) in [6.07, 6.45) is 0. The van der Waals surface area contributed by atoms with Gasteiger partial charge in [0.2, 0.25) is 5.95 Å². The molecule has 0 radical (unpaired) electrons. The van der Waals surface area contributed by atoms with Crippen LogP contribution in [0.2, 0.25) is 0 Å². The van der Waals surface area contributed by atoms with Crippen LogP contribution in [0.15, 0.2) is 168 Å². The molecule has 0 spiro atoms. The number of benzene rings is 7. The van der Waals surface area contributed by atoms with E-state index >= 15 is 0 Å². The highest BCUT2D eigenvalue weighted by Gasteiger charge is 2.23. The van der Waals surface area contributed by atoms with Crippen molar-refractivity contribution in [3.63, 3.8) is 0 Å². The van der Waals surface area contributed by atoms with Crippen molar-refractivity contribution in [2.45, 2.75) is 0 Å². The number of para-hydroxylation sites is 4. The average Bonchev–Trinajstić information content (AvgIpc) is 3.90. The molecule has 4 aromatic heterocycles. The van der Waals surface area contributed by atoms with Gasteiger partial charge in [-0.25, -0.2) is 4.98 Å². The van der Waals surface area contributed by atoms with Gasteiger partial charge in [-0.15, -0.1) is 0 Å². The van der Waals surface area contributed by atoms with Crippen molar-refractivity contribution >= 4 is 65.6 Å². The molecule has 11 aromatic rings. The summed E-state index contributed by atoms with van der Waals surface area (Å²) in [7, 11) is 0. The number of aromatic nitrogens is 5. The molecule has 238 valence electrons. The highest BCUT2D eigenvalue weighted by Crippen LogP contribution is 2.41. The van der Waals surface area contributed by atoms with E-state index in [9.17, 15) is 0 Å². The fraction of sp³-hybridized carbons (Fsp3) is 0. The molecule has 0 N–H and O–H groups in total. The zero-order valence-corrected chi connectivity index (χ0v) is 26.8. The Bertz CT molecular complexity index is 3410. The van der Waals surface area contributed by atoms with Crippen LogP contribution in [0.3, 0.4) is 0 Å². The van der Waals surface area contributed by atoms with Crippen LogP contribution < -0.4 is 0 Å². The highest BCUT2D eigenvalue weighted by atomic mass is 16.3. The summed E-state index contributed by atoms with van der Waals surface area (Å²) < 4.78 is 53.9. The van der Waals surface area contributed by atoms with Crippen molar-refractivity contribution < 1.29 is 11.3 Å². The standard InChI is InChI=1S/C45H27N5O/c1-3-13-28(14-4-1)43-46-44(29-23-24-34-33-19-9-12-22-39(33)51-40(34)27-29)48-45(47-43)50-38-21-11-8-18-32(38)36-26-25-35-31-17-7-10-20-37(31)49(41(35)42(36)50)30-15-5-2-6-16-30/h1-27H/i2D,5D,6D,15D,16D. The largest absolute Gasteiger partial charge is 0.456 e. The van der Waals surface area contributed by atoms with E-state index < -0.39 is 18.1 Å². The number of hydrogen-bond acceptors (Lipinski definition) is 4. The van der Waals surface area contributed by atoms with E-state index in [0.29, 0.717) is 34.2 Å². The van der Waals surface area contributed by atoms with E-state index in [1.54, 1.807) is 4.57 Å². The van der Waals surface area contributed by atoms with Crippen molar-refractivity contribution in [1.29, 1.82) is 0 Å². The molecule has 11 rings (SSSR count). The van der Waals surface area contributed by atoms with Gasteiger partial charge in [0.1, 0.15) is 11.2 Å². The lowest BCUT2D eigenvalue weighted by atomic mass is 10.1. The summed E-state index contributed by atoms with van der Waals surface area (Å²) in [5, 5.41) is 5.56. The number of fused-ring (bicyclic) bond motifs is 10. The molecule has 7 aromatic carbocycles. The van der Waals surface area contributed by atoms with Crippen LogP contribution in [0.4, 0.5) is 0 Å². The summed E-state index contributed by atoms with van der Waals surface area (Å²) >= 11 is 0.